The lowest BCUT2D eigenvalue weighted by Gasteiger charge is -2.26. The summed E-state index contributed by atoms with van der Waals surface area (Å²) in [5.74, 6) is 0.306. The summed E-state index contributed by atoms with van der Waals surface area (Å²) in [5.41, 5.74) is 1.35. The van der Waals surface area contributed by atoms with Crippen molar-refractivity contribution >= 4 is 32.4 Å². The van der Waals surface area contributed by atoms with Crippen molar-refractivity contribution in [3.63, 3.8) is 0 Å². The zero-order valence-electron chi connectivity index (χ0n) is 19.6. The summed E-state index contributed by atoms with van der Waals surface area (Å²) in [6.45, 7) is 2.14. The Kier molecular flexibility index (Phi) is 7.67. The number of rotatable bonds is 10. The smallest absolute Gasteiger partial charge is 0.264 e. The van der Waals surface area contributed by atoms with E-state index in [0.717, 1.165) is 16.3 Å². The maximum atomic E-state index is 13.5. The fraction of sp³-hybridized carbons (Fsp3) is 0.179. The van der Waals surface area contributed by atoms with Crippen molar-refractivity contribution < 1.29 is 17.9 Å². The van der Waals surface area contributed by atoms with Crippen molar-refractivity contribution in [3.05, 3.63) is 103 Å². The van der Waals surface area contributed by atoms with Gasteiger partial charge in [0, 0.05) is 0 Å². The molecule has 0 aliphatic rings. The molecule has 0 aliphatic heterocycles. The summed E-state index contributed by atoms with van der Waals surface area (Å²) in [6, 6.07) is 29.2. The van der Waals surface area contributed by atoms with Crippen molar-refractivity contribution in [1.82, 2.24) is 5.32 Å². The van der Waals surface area contributed by atoms with Crippen LogP contribution in [0.15, 0.2) is 102 Å². The molecular formula is C28H28N2O4S. The molecule has 180 valence electrons. The molecule has 6 nitrogen and oxygen atoms in total. The van der Waals surface area contributed by atoms with Crippen LogP contribution in [0.5, 0.6) is 5.75 Å². The van der Waals surface area contributed by atoms with E-state index in [9.17, 15) is 13.2 Å². The summed E-state index contributed by atoms with van der Waals surface area (Å²) in [7, 11) is -3.93. The number of ether oxygens (including phenoxy) is 1. The van der Waals surface area contributed by atoms with E-state index in [1.807, 2.05) is 61.5 Å². The number of anilines is 1. The Labute approximate surface area is 206 Å². The molecule has 0 fully saturated rings. The van der Waals surface area contributed by atoms with Crippen LogP contribution in [0.4, 0.5) is 5.69 Å². The lowest BCUT2D eigenvalue weighted by atomic mass is 10.1. The Bertz CT molecular complexity index is 1400. The van der Waals surface area contributed by atoms with E-state index in [0.29, 0.717) is 17.9 Å². The van der Waals surface area contributed by atoms with Gasteiger partial charge in [0.25, 0.3) is 10.0 Å². The molecule has 0 aromatic heterocycles. The van der Waals surface area contributed by atoms with Gasteiger partial charge in [0.15, 0.2) is 0 Å². The largest absolute Gasteiger partial charge is 0.492 e. The van der Waals surface area contributed by atoms with Gasteiger partial charge in [-0.05, 0) is 53.1 Å². The SMILES string of the molecule is CCc1ccccc1N(CC(=O)NCCOc1ccc2ccccc2c1)S(=O)(=O)c1ccccc1. The molecule has 0 saturated heterocycles. The number of hydrogen-bond donors (Lipinski definition) is 1. The maximum absolute atomic E-state index is 13.5. The molecule has 0 unspecified atom stereocenters. The average molecular weight is 489 g/mol. The summed E-state index contributed by atoms with van der Waals surface area (Å²) in [5, 5.41) is 4.98. The van der Waals surface area contributed by atoms with Crippen molar-refractivity contribution in [3.8, 4) is 5.75 Å². The quantitative estimate of drug-likeness (QED) is 0.326. The van der Waals surface area contributed by atoms with Gasteiger partial charge < -0.3 is 10.1 Å². The van der Waals surface area contributed by atoms with Crippen LogP contribution in [-0.4, -0.2) is 34.0 Å². The third-order valence-corrected chi connectivity index (χ3v) is 7.45. The van der Waals surface area contributed by atoms with Gasteiger partial charge in [0.2, 0.25) is 5.91 Å². The average Bonchev–Trinajstić information content (AvgIpc) is 2.90. The number of aryl methyl sites for hydroxylation is 1. The highest BCUT2D eigenvalue weighted by Crippen LogP contribution is 2.27. The highest BCUT2D eigenvalue weighted by molar-refractivity contribution is 7.92. The topological polar surface area (TPSA) is 75.7 Å². The summed E-state index contributed by atoms with van der Waals surface area (Å²) >= 11 is 0. The van der Waals surface area contributed by atoms with Crippen molar-refractivity contribution in [2.24, 2.45) is 0 Å². The van der Waals surface area contributed by atoms with E-state index in [1.165, 1.54) is 16.4 Å². The summed E-state index contributed by atoms with van der Waals surface area (Å²) in [4.78, 5) is 13.0. The molecule has 0 aliphatic carbocycles. The number of sulfonamides is 1. The number of carbonyl (C=O) groups is 1. The molecular weight excluding hydrogens is 460 g/mol. The number of hydrogen-bond acceptors (Lipinski definition) is 4. The molecule has 1 N–H and O–H groups in total. The fourth-order valence-corrected chi connectivity index (χ4v) is 5.36. The molecule has 0 saturated carbocycles. The summed E-state index contributed by atoms with van der Waals surface area (Å²) < 4.78 is 33.9. The van der Waals surface area contributed by atoms with E-state index < -0.39 is 15.9 Å². The Balaban J connectivity index is 1.44. The lowest BCUT2D eigenvalue weighted by molar-refractivity contribution is -0.119. The first kappa shape index (κ1) is 24.3. The fourth-order valence-electron chi connectivity index (χ4n) is 3.88. The second-order valence-corrected chi connectivity index (χ2v) is 9.88. The van der Waals surface area contributed by atoms with E-state index in [4.69, 9.17) is 4.74 Å². The van der Waals surface area contributed by atoms with E-state index in [1.54, 1.807) is 30.3 Å². The molecule has 35 heavy (non-hydrogen) atoms. The van der Waals surface area contributed by atoms with Crippen LogP contribution in [0.1, 0.15) is 12.5 Å². The van der Waals surface area contributed by atoms with Gasteiger partial charge in [0.1, 0.15) is 18.9 Å². The van der Waals surface area contributed by atoms with Crippen LogP contribution < -0.4 is 14.4 Å². The Morgan fingerprint density at radius 3 is 2.31 bits per heavy atom. The van der Waals surface area contributed by atoms with Crippen molar-refractivity contribution in [1.29, 1.82) is 0 Å². The second kappa shape index (κ2) is 11.1. The Morgan fingerprint density at radius 2 is 1.54 bits per heavy atom. The van der Waals surface area contributed by atoms with Crippen molar-refractivity contribution in [2.75, 3.05) is 24.0 Å². The second-order valence-electron chi connectivity index (χ2n) is 8.01. The number of nitrogens with one attached hydrogen (secondary N) is 1. The third-order valence-electron chi connectivity index (χ3n) is 5.67. The first-order valence-electron chi connectivity index (χ1n) is 11.5. The van der Waals surface area contributed by atoms with Crippen LogP contribution in [0.3, 0.4) is 0 Å². The van der Waals surface area contributed by atoms with Crippen LogP contribution in [-0.2, 0) is 21.2 Å². The van der Waals surface area contributed by atoms with Gasteiger partial charge in [-0.15, -0.1) is 0 Å². The highest BCUT2D eigenvalue weighted by Gasteiger charge is 2.28. The van der Waals surface area contributed by atoms with Gasteiger partial charge >= 0.3 is 0 Å². The van der Waals surface area contributed by atoms with E-state index in [2.05, 4.69) is 5.32 Å². The predicted molar refractivity (Wildman–Crippen MR) is 139 cm³/mol. The van der Waals surface area contributed by atoms with Crippen LogP contribution >= 0.6 is 0 Å². The molecule has 0 bridgehead atoms. The first-order chi connectivity index (χ1) is 17.0. The number of carbonyl (C=O) groups excluding carboxylic acids is 1. The molecule has 0 spiro atoms. The van der Waals surface area contributed by atoms with E-state index in [-0.39, 0.29) is 24.6 Å². The predicted octanol–water partition coefficient (Wildman–Crippen LogP) is 4.79. The number of amides is 1. The zero-order chi connectivity index (χ0) is 24.7. The molecule has 4 aromatic rings. The van der Waals surface area contributed by atoms with Crippen LogP contribution in [0.25, 0.3) is 10.8 Å². The molecule has 0 radical (unpaired) electrons. The van der Waals surface area contributed by atoms with Crippen LogP contribution in [0.2, 0.25) is 0 Å². The number of para-hydroxylation sites is 1. The van der Waals surface area contributed by atoms with Gasteiger partial charge in [-0.2, -0.15) is 0 Å². The number of fused-ring (bicyclic) bond motifs is 1. The lowest BCUT2D eigenvalue weighted by Crippen LogP contribution is -2.42. The molecule has 4 rings (SSSR count). The van der Waals surface area contributed by atoms with Gasteiger partial charge in [-0.25, -0.2) is 8.42 Å². The number of benzene rings is 4. The molecule has 7 heteroatoms. The first-order valence-corrected chi connectivity index (χ1v) is 13.0. The monoisotopic (exact) mass is 488 g/mol. The Hall–Kier alpha value is -3.84. The minimum Gasteiger partial charge on any atom is -0.492 e. The third kappa shape index (κ3) is 5.81. The number of nitrogens with zero attached hydrogens (tertiary/aromatic N) is 1. The standard InChI is InChI=1S/C28H28N2O4S/c1-2-22-10-8-9-15-27(22)30(35(32,33)26-13-4-3-5-14-26)21-28(31)29-18-19-34-25-17-16-23-11-6-7-12-24(23)20-25/h3-17,20H,2,18-19,21H2,1H3,(H,29,31). The zero-order valence-corrected chi connectivity index (χ0v) is 20.4. The Morgan fingerprint density at radius 1 is 0.857 bits per heavy atom. The van der Waals surface area contributed by atoms with Gasteiger partial charge in [-0.3, -0.25) is 9.10 Å². The molecule has 0 atom stereocenters. The van der Waals surface area contributed by atoms with E-state index >= 15 is 0 Å². The molecule has 0 heterocycles. The van der Waals surface area contributed by atoms with Crippen molar-refractivity contribution in [2.45, 2.75) is 18.2 Å². The van der Waals surface area contributed by atoms with Gasteiger partial charge in [-0.1, -0.05) is 73.7 Å². The maximum Gasteiger partial charge on any atom is 0.264 e. The minimum atomic E-state index is -3.93. The normalized spacial score (nSPS) is 11.2. The minimum absolute atomic E-state index is 0.137. The highest BCUT2D eigenvalue weighted by atomic mass is 32.2. The van der Waals surface area contributed by atoms with Crippen LogP contribution in [0, 0.1) is 0 Å². The van der Waals surface area contributed by atoms with Gasteiger partial charge in [0.05, 0.1) is 17.1 Å². The molecule has 1 amide bonds. The summed E-state index contributed by atoms with van der Waals surface area (Å²) in [6.07, 6.45) is 0.637. The molecule has 4 aromatic carbocycles.